The zero-order valence-electron chi connectivity index (χ0n) is 10.8. The smallest absolute Gasteiger partial charge is 0.135 e. The van der Waals surface area contributed by atoms with E-state index in [2.05, 4.69) is 20.4 Å². The summed E-state index contributed by atoms with van der Waals surface area (Å²) in [6, 6.07) is 11.6. The van der Waals surface area contributed by atoms with Crippen molar-refractivity contribution in [3.05, 3.63) is 54.1 Å². The SMILES string of the molecule is Cn1ccc(-c2ccccc2Nc2cc(Cl)ncn2)n1. The molecule has 3 rings (SSSR count). The van der Waals surface area contributed by atoms with Gasteiger partial charge in [-0.15, -0.1) is 0 Å². The van der Waals surface area contributed by atoms with Crippen LogP contribution < -0.4 is 5.32 Å². The van der Waals surface area contributed by atoms with E-state index < -0.39 is 0 Å². The van der Waals surface area contributed by atoms with E-state index in [9.17, 15) is 0 Å². The second-order valence-corrected chi connectivity index (χ2v) is 4.66. The second kappa shape index (κ2) is 5.30. The zero-order valence-corrected chi connectivity index (χ0v) is 11.5. The number of benzene rings is 1. The molecule has 0 aliphatic carbocycles. The summed E-state index contributed by atoms with van der Waals surface area (Å²) in [5.41, 5.74) is 2.82. The van der Waals surface area contributed by atoms with Crippen molar-refractivity contribution in [2.75, 3.05) is 5.32 Å². The van der Waals surface area contributed by atoms with Gasteiger partial charge in [-0.25, -0.2) is 9.97 Å². The third-order valence-corrected chi connectivity index (χ3v) is 3.02. The molecule has 100 valence electrons. The number of rotatable bonds is 3. The molecule has 0 amide bonds. The van der Waals surface area contributed by atoms with E-state index in [1.54, 1.807) is 10.7 Å². The maximum absolute atomic E-state index is 5.86. The number of anilines is 2. The molecule has 0 atom stereocenters. The summed E-state index contributed by atoms with van der Waals surface area (Å²) < 4.78 is 1.77. The Kier molecular flexibility index (Phi) is 3.35. The first kappa shape index (κ1) is 12.6. The molecule has 2 aromatic heterocycles. The van der Waals surface area contributed by atoms with Gasteiger partial charge in [0.05, 0.1) is 5.69 Å². The number of nitrogens with zero attached hydrogens (tertiary/aromatic N) is 4. The summed E-state index contributed by atoms with van der Waals surface area (Å²) >= 11 is 5.86. The number of para-hydroxylation sites is 1. The summed E-state index contributed by atoms with van der Waals surface area (Å²) in [4.78, 5) is 8.01. The molecule has 3 aromatic rings. The lowest BCUT2D eigenvalue weighted by Gasteiger charge is -2.09. The fourth-order valence-electron chi connectivity index (χ4n) is 1.91. The minimum Gasteiger partial charge on any atom is -0.340 e. The Morgan fingerprint density at radius 3 is 2.75 bits per heavy atom. The highest BCUT2D eigenvalue weighted by Gasteiger charge is 2.08. The van der Waals surface area contributed by atoms with E-state index >= 15 is 0 Å². The van der Waals surface area contributed by atoms with Crippen LogP contribution in [0.4, 0.5) is 11.5 Å². The van der Waals surface area contributed by atoms with Crippen molar-refractivity contribution in [1.82, 2.24) is 19.7 Å². The molecule has 0 aliphatic rings. The van der Waals surface area contributed by atoms with Gasteiger partial charge in [-0.2, -0.15) is 5.10 Å². The molecule has 0 aliphatic heterocycles. The molecule has 1 aromatic carbocycles. The largest absolute Gasteiger partial charge is 0.340 e. The number of hydrogen-bond donors (Lipinski definition) is 1. The number of aryl methyl sites for hydroxylation is 1. The fraction of sp³-hybridized carbons (Fsp3) is 0.0714. The first-order valence-electron chi connectivity index (χ1n) is 6.06. The number of nitrogens with one attached hydrogen (secondary N) is 1. The summed E-state index contributed by atoms with van der Waals surface area (Å²) in [5.74, 6) is 0.647. The van der Waals surface area contributed by atoms with Crippen molar-refractivity contribution < 1.29 is 0 Å². The maximum Gasteiger partial charge on any atom is 0.135 e. The minimum atomic E-state index is 0.401. The Bertz CT molecular complexity index is 738. The van der Waals surface area contributed by atoms with Crippen molar-refractivity contribution >= 4 is 23.1 Å². The van der Waals surface area contributed by atoms with E-state index in [0.717, 1.165) is 16.9 Å². The van der Waals surface area contributed by atoms with E-state index in [1.807, 2.05) is 43.6 Å². The molecular weight excluding hydrogens is 274 g/mol. The van der Waals surface area contributed by atoms with Crippen molar-refractivity contribution in [3.8, 4) is 11.3 Å². The van der Waals surface area contributed by atoms with Gasteiger partial charge in [0.1, 0.15) is 17.3 Å². The number of halogens is 1. The third-order valence-electron chi connectivity index (χ3n) is 2.81. The predicted molar refractivity (Wildman–Crippen MR) is 79.0 cm³/mol. The van der Waals surface area contributed by atoms with E-state index in [-0.39, 0.29) is 0 Å². The van der Waals surface area contributed by atoms with Crippen LogP contribution >= 0.6 is 11.6 Å². The van der Waals surface area contributed by atoms with Gasteiger partial charge in [0.15, 0.2) is 0 Å². The van der Waals surface area contributed by atoms with Gasteiger partial charge in [-0.3, -0.25) is 4.68 Å². The zero-order chi connectivity index (χ0) is 13.9. The fourth-order valence-corrected chi connectivity index (χ4v) is 2.06. The molecular formula is C14H12ClN5. The molecule has 20 heavy (non-hydrogen) atoms. The van der Waals surface area contributed by atoms with Gasteiger partial charge in [-0.05, 0) is 12.1 Å². The Balaban J connectivity index is 1.98. The van der Waals surface area contributed by atoms with E-state index in [0.29, 0.717) is 11.0 Å². The van der Waals surface area contributed by atoms with Crippen molar-refractivity contribution in [2.24, 2.45) is 7.05 Å². The monoisotopic (exact) mass is 285 g/mol. The molecule has 0 saturated carbocycles. The lowest BCUT2D eigenvalue weighted by molar-refractivity contribution is 0.771. The quantitative estimate of drug-likeness (QED) is 0.750. The van der Waals surface area contributed by atoms with Crippen LogP contribution in [0.3, 0.4) is 0 Å². The lowest BCUT2D eigenvalue weighted by atomic mass is 10.1. The summed E-state index contributed by atoms with van der Waals surface area (Å²) in [7, 11) is 1.89. The van der Waals surface area contributed by atoms with Crippen molar-refractivity contribution in [3.63, 3.8) is 0 Å². The molecule has 2 heterocycles. The Hall–Kier alpha value is -2.40. The molecule has 0 unspecified atom stereocenters. The normalized spacial score (nSPS) is 10.5. The predicted octanol–water partition coefficient (Wildman–Crippen LogP) is 3.27. The van der Waals surface area contributed by atoms with Crippen LogP contribution in [-0.2, 0) is 7.05 Å². The van der Waals surface area contributed by atoms with Gasteiger partial charge >= 0.3 is 0 Å². The average molecular weight is 286 g/mol. The minimum absolute atomic E-state index is 0.401. The summed E-state index contributed by atoms with van der Waals surface area (Å²) in [5, 5.41) is 8.06. The van der Waals surface area contributed by atoms with Crippen LogP contribution in [0.15, 0.2) is 48.9 Å². The van der Waals surface area contributed by atoms with Crippen LogP contribution in [0.1, 0.15) is 0 Å². The Labute approximate surface area is 121 Å². The molecule has 1 N–H and O–H groups in total. The first-order valence-corrected chi connectivity index (χ1v) is 6.44. The van der Waals surface area contributed by atoms with Gasteiger partial charge in [0.25, 0.3) is 0 Å². The highest BCUT2D eigenvalue weighted by atomic mass is 35.5. The standard InChI is InChI=1S/C14H12ClN5/c1-20-7-6-12(19-20)10-4-2-3-5-11(10)18-14-8-13(15)16-9-17-14/h2-9H,1H3,(H,16,17,18). The highest BCUT2D eigenvalue weighted by Crippen LogP contribution is 2.28. The molecule has 0 bridgehead atoms. The highest BCUT2D eigenvalue weighted by molar-refractivity contribution is 6.29. The molecule has 6 heteroatoms. The van der Waals surface area contributed by atoms with Crippen LogP contribution in [-0.4, -0.2) is 19.7 Å². The molecule has 0 spiro atoms. The molecule has 5 nitrogen and oxygen atoms in total. The Morgan fingerprint density at radius 2 is 2.00 bits per heavy atom. The third kappa shape index (κ3) is 2.62. The average Bonchev–Trinajstić information content (AvgIpc) is 2.86. The summed E-state index contributed by atoms with van der Waals surface area (Å²) in [6.45, 7) is 0. The van der Waals surface area contributed by atoms with Gasteiger partial charge in [-0.1, -0.05) is 29.8 Å². The Morgan fingerprint density at radius 1 is 1.15 bits per heavy atom. The lowest BCUT2D eigenvalue weighted by Crippen LogP contribution is -1.97. The molecule has 0 fully saturated rings. The van der Waals surface area contributed by atoms with E-state index in [4.69, 9.17) is 11.6 Å². The topological polar surface area (TPSA) is 55.6 Å². The summed E-state index contributed by atoms with van der Waals surface area (Å²) in [6.07, 6.45) is 3.34. The molecule has 0 saturated heterocycles. The van der Waals surface area contributed by atoms with Gasteiger partial charge in [0.2, 0.25) is 0 Å². The van der Waals surface area contributed by atoms with Crippen LogP contribution in [0.25, 0.3) is 11.3 Å². The number of hydrogen-bond acceptors (Lipinski definition) is 4. The maximum atomic E-state index is 5.86. The van der Waals surface area contributed by atoms with Gasteiger partial charge < -0.3 is 5.32 Å². The number of aromatic nitrogens is 4. The second-order valence-electron chi connectivity index (χ2n) is 4.27. The first-order chi connectivity index (χ1) is 9.72. The molecule has 0 radical (unpaired) electrons. The van der Waals surface area contributed by atoms with Crippen LogP contribution in [0.2, 0.25) is 5.15 Å². The van der Waals surface area contributed by atoms with Crippen LogP contribution in [0, 0.1) is 0 Å². The van der Waals surface area contributed by atoms with E-state index in [1.165, 1.54) is 6.33 Å². The van der Waals surface area contributed by atoms with Crippen molar-refractivity contribution in [1.29, 1.82) is 0 Å². The van der Waals surface area contributed by atoms with Crippen molar-refractivity contribution in [2.45, 2.75) is 0 Å². The van der Waals surface area contributed by atoms with Gasteiger partial charge in [0, 0.05) is 30.6 Å². The van der Waals surface area contributed by atoms with Crippen LogP contribution in [0.5, 0.6) is 0 Å².